The van der Waals surface area contributed by atoms with E-state index >= 15 is 0 Å². The number of carbonyl (C=O) groups is 1. The topological polar surface area (TPSA) is 137 Å². The summed E-state index contributed by atoms with van der Waals surface area (Å²) in [5.41, 5.74) is 0.611. The molecular formula is C18H28O8. The maximum absolute atomic E-state index is 11.1. The van der Waals surface area contributed by atoms with Gasteiger partial charge in [-0.1, -0.05) is 13.0 Å². The van der Waals surface area contributed by atoms with Gasteiger partial charge in [0.15, 0.2) is 6.29 Å². The van der Waals surface area contributed by atoms with E-state index in [2.05, 4.69) is 6.92 Å². The largest absolute Gasteiger partial charge is 0.478 e. The summed E-state index contributed by atoms with van der Waals surface area (Å²) in [5.74, 6) is 0.0763. The fraction of sp³-hybridized carbons (Fsp3) is 0.833. The summed E-state index contributed by atoms with van der Waals surface area (Å²) in [6.45, 7) is 2.00. The van der Waals surface area contributed by atoms with E-state index in [9.17, 15) is 20.1 Å². The van der Waals surface area contributed by atoms with Crippen LogP contribution in [0.5, 0.6) is 0 Å². The van der Waals surface area contributed by atoms with E-state index in [1.807, 2.05) is 6.08 Å². The number of ether oxygens (including phenoxy) is 2. The molecule has 3 rings (SSSR count). The highest BCUT2D eigenvalue weighted by atomic mass is 16.7. The van der Waals surface area contributed by atoms with Crippen molar-refractivity contribution in [3.8, 4) is 0 Å². The maximum atomic E-state index is 11.1. The molecule has 1 aliphatic heterocycles. The Morgan fingerprint density at radius 1 is 1.27 bits per heavy atom. The number of fused-ring (bicyclic) bond motifs is 1. The molecule has 1 saturated heterocycles. The van der Waals surface area contributed by atoms with Gasteiger partial charge in [0.1, 0.15) is 24.4 Å². The minimum absolute atomic E-state index is 0.104. The van der Waals surface area contributed by atoms with Gasteiger partial charge in [0.05, 0.1) is 6.61 Å². The zero-order valence-corrected chi connectivity index (χ0v) is 14.8. The van der Waals surface area contributed by atoms with Crippen LogP contribution in [-0.2, 0) is 14.3 Å². The molecule has 8 atom stereocenters. The van der Waals surface area contributed by atoms with Crippen LogP contribution in [0.1, 0.15) is 32.6 Å². The third kappa shape index (κ3) is 3.54. The van der Waals surface area contributed by atoms with Crippen LogP contribution in [-0.4, -0.2) is 75.4 Å². The van der Waals surface area contributed by atoms with E-state index < -0.39 is 43.3 Å². The number of carboxylic acid groups (broad SMARTS) is 1. The maximum Gasteiger partial charge on any atom is 0.331 e. The fourth-order valence-corrected chi connectivity index (χ4v) is 4.57. The smallest absolute Gasteiger partial charge is 0.331 e. The molecule has 8 nitrogen and oxygen atoms in total. The highest BCUT2D eigenvalue weighted by molar-refractivity contribution is 5.87. The molecule has 2 fully saturated rings. The van der Waals surface area contributed by atoms with Crippen LogP contribution in [0.4, 0.5) is 0 Å². The Hall–Kier alpha value is -1.03. The summed E-state index contributed by atoms with van der Waals surface area (Å²) < 4.78 is 10.8. The molecule has 148 valence electrons. The Labute approximate surface area is 152 Å². The van der Waals surface area contributed by atoms with Gasteiger partial charge >= 0.3 is 5.97 Å². The number of rotatable bonds is 7. The molecular weight excluding hydrogens is 344 g/mol. The number of aliphatic hydroxyl groups excluding tert-OH is 4. The lowest BCUT2D eigenvalue weighted by molar-refractivity contribution is -0.301. The first-order chi connectivity index (χ1) is 12.3. The average Bonchev–Trinajstić information content (AvgIpc) is 3.22. The molecule has 26 heavy (non-hydrogen) atoms. The van der Waals surface area contributed by atoms with Gasteiger partial charge in [0.2, 0.25) is 0 Å². The lowest BCUT2D eigenvalue weighted by Gasteiger charge is -2.39. The quantitative estimate of drug-likeness (QED) is 0.382. The third-order valence-electron chi connectivity index (χ3n) is 6.39. The first-order valence-electron chi connectivity index (χ1n) is 9.14. The van der Waals surface area contributed by atoms with Gasteiger partial charge in [0, 0.05) is 12.2 Å². The standard InChI is InChI=1S/C18H28O8/c1-18(10-4-3-9(16(23)24)7-11(10)18)5-2-6-25-17-15(22)14(21)13(20)12(8-19)26-17/h3,10-15,17,19-22H,2,4-8H2,1H3,(H,23,24)/t10?,11?,12-,13-,14+,15-,17-,18?/m1/s1. The molecule has 3 unspecified atom stereocenters. The molecule has 0 amide bonds. The van der Waals surface area contributed by atoms with Crippen LogP contribution in [0.15, 0.2) is 11.6 Å². The van der Waals surface area contributed by atoms with Gasteiger partial charge in [0.25, 0.3) is 0 Å². The van der Waals surface area contributed by atoms with Crippen molar-refractivity contribution in [1.29, 1.82) is 0 Å². The third-order valence-corrected chi connectivity index (χ3v) is 6.39. The number of allylic oxidation sites excluding steroid dienone is 1. The highest BCUT2D eigenvalue weighted by Gasteiger charge is 2.60. The summed E-state index contributed by atoms with van der Waals surface area (Å²) in [4.78, 5) is 11.1. The number of aliphatic carboxylic acids is 1. The van der Waals surface area contributed by atoms with E-state index in [1.54, 1.807) is 0 Å². The van der Waals surface area contributed by atoms with Crippen molar-refractivity contribution in [2.45, 2.75) is 63.3 Å². The molecule has 3 aliphatic rings. The van der Waals surface area contributed by atoms with Gasteiger partial charge < -0.3 is 35.0 Å². The molecule has 0 bridgehead atoms. The molecule has 0 aromatic heterocycles. The minimum atomic E-state index is -1.43. The Morgan fingerprint density at radius 2 is 2.00 bits per heavy atom. The zero-order chi connectivity index (χ0) is 19.1. The predicted molar refractivity (Wildman–Crippen MR) is 89.0 cm³/mol. The van der Waals surface area contributed by atoms with Crippen LogP contribution in [0.25, 0.3) is 0 Å². The normalized spacial score (nSPS) is 45.0. The van der Waals surface area contributed by atoms with Crippen molar-refractivity contribution in [3.05, 3.63) is 11.6 Å². The van der Waals surface area contributed by atoms with Gasteiger partial charge in [-0.15, -0.1) is 0 Å². The number of hydrogen-bond acceptors (Lipinski definition) is 7. The summed E-state index contributed by atoms with van der Waals surface area (Å²) in [7, 11) is 0. The van der Waals surface area contributed by atoms with Crippen molar-refractivity contribution < 1.29 is 39.8 Å². The average molecular weight is 372 g/mol. The second-order valence-electron chi connectivity index (χ2n) is 7.86. The van der Waals surface area contributed by atoms with Crippen LogP contribution in [0.3, 0.4) is 0 Å². The molecule has 2 aliphatic carbocycles. The summed E-state index contributed by atoms with van der Waals surface area (Å²) in [6, 6.07) is 0. The predicted octanol–water partition coefficient (Wildman–Crippen LogP) is -0.360. The first kappa shape index (κ1) is 19.7. The Kier molecular flexibility index (Phi) is 5.72. The van der Waals surface area contributed by atoms with Crippen molar-refractivity contribution in [2.75, 3.05) is 13.2 Å². The molecule has 0 spiro atoms. The highest BCUT2D eigenvalue weighted by Crippen LogP contribution is 2.67. The summed E-state index contributed by atoms with van der Waals surface area (Å²) in [6.07, 6.45) is -1.44. The van der Waals surface area contributed by atoms with Crippen LogP contribution in [0, 0.1) is 17.3 Å². The van der Waals surface area contributed by atoms with Gasteiger partial charge in [-0.25, -0.2) is 4.79 Å². The van der Waals surface area contributed by atoms with E-state index in [4.69, 9.17) is 19.7 Å². The van der Waals surface area contributed by atoms with E-state index in [0.717, 1.165) is 12.8 Å². The molecule has 5 N–H and O–H groups in total. The van der Waals surface area contributed by atoms with E-state index in [-0.39, 0.29) is 5.41 Å². The molecule has 0 radical (unpaired) electrons. The van der Waals surface area contributed by atoms with Gasteiger partial charge in [-0.2, -0.15) is 0 Å². The van der Waals surface area contributed by atoms with Crippen molar-refractivity contribution in [1.82, 2.24) is 0 Å². The zero-order valence-electron chi connectivity index (χ0n) is 14.8. The Bertz CT molecular complexity index is 561. The molecule has 8 heteroatoms. The molecule has 0 aromatic carbocycles. The van der Waals surface area contributed by atoms with Crippen molar-refractivity contribution in [2.24, 2.45) is 17.3 Å². The van der Waals surface area contributed by atoms with Crippen molar-refractivity contribution >= 4 is 5.97 Å². The van der Waals surface area contributed by atoms with E-state index in [0.29, 0.717) is 36.9 Å². The van der Waals surface area contributed by atoms with Crippen LogP contribution in [0.2, 0.25) is 0 Å². The molecule has 0 aromatic rings. The Balaban J connectivity index is 1.43. The molecule has 1 saturated carbocycles. The number of aliphatic hydroxyl groups is 4. The van der Waals surface area contributed by atoms with Gasteiger partial charge in [-0.05, 0) is 42.9 Å². The summed E-state index contributed by atoms with van der Waals surface area (Å²) in [5, 5.41) is 47.7. The van der Waals surface area contributed by atoms with Gasteiger partial charge in [-0.3, -0.25) is 0 Å². The lowest BCUT2D eigenvalue weighted by Crippen LogP contribution is -2.59. The monoisotopic (exact) mass is 372 g/mol. The lowest BCUT2D eigenvalue weighted by atomic mass is 9.96. The number of carboxylic acids is 1. The molecule has 1 heterocycles. The SMILES string of the molecule is CC1(CCCO[C@@H]2O[C@H](CO)[C@@H](O)[C@H](O)[C@H]2O)C2CC=C(C(=O)O)CC21. The minimum Gasteiger partial charge on any atom is -0.478 e. The first-order valence-corrected chi connectivity index (χ1v) is 9.14. The van der Waals surface area contributed by atoms with Crippen LogP contribution >= 0.6 is 0 Å². The van der Waals surface area contributed by atoms with E-state index in [1.165, 1.54) is 0 Å². The van der Waals surface area contributed by atoms with Crippen LogP contribution < -0.4 is 0 Å². The second kappa shape index (κ2) is 7.53. The van der Waals surface area contributed by atoms with Crippen molar-refractivity contribution in [3.63, 3.8) is 0 Å². The fourth-order valence-electron chi connectivity index (χ4n) is 4.57. The summed E-state index contributed by atoms with van der Waals surface area (Å²) >= 11 is 0. The second-order valence-corrected chi connectivity index (χ2v) is 7.86. The number of hydrogen-bond donors (Lipinski definition) is 5. The Morgan fingerprint density at radius 3 is 2.65 bits per heavy atom.